The van der Waals surface area contributed by atoms with Gasteiger partial charge >= 0.3 is 0 Å². The van der Waals surface area contributed by atoms with Crippen molar-refractivity contribution < 1.29 is 14.1 Å². The molecule has 0 heterocycles. The first-order valence-electron chi connectivity index (χ1n) is 5.69. The van der Waals surface area contributed by atoms with E-state index in [1.54, 1.807) is 12.1 Å². The maximum Gasteiger partial charge on any atom is 0.271 e. The van der Waals surface area contributed by atoms with E-state index in [4.69, 9.17) is 0 Å². The van der Waals surface area contributed by atoms with Crippen LogP contribution in [0, 0.1) is 19.5 Å². The van der Waals surface area contributed by atoms with Gasteiger partial charge in [0.25, 0.3) is 11.6 Å². The number of rotatable bonds is 3. The zero-order chi connectivity index (χ0) is 16.4. The van der Waals surface area contributed by atoms with Crippen LogP contribution in [0.2, 0.25) is 0 Å². The van der Waals surface area contributed by atoms with Crippen LogP contribution in [0.4, 0.5) is 15.8 Å². The van der Waals surface area contributed by atoms with Gasteiger partial charge in [-0.15, -0.1) is 0 Å². The van der Waals surface area contributed by atoms with Crippen molar-refractivity contribution in [2.24, 2.45) is 0 Å². The van der Waals surface area contributed by atoms with Gasteiger partial charge in [-0.25, -0.2) is 4.39 Å². The molecule has 22 heavy (non-hydrogen) atoms. The molecule has 0 saturated carbocycles. The third kappa shape index (κ3) is 3.82. The van der Waals surface area contributed by atoms with E-state index in [-0.39, 0.29) is 11.4 Å². The Labute approximate surface area is 154 Å². The fourth-order valence-electron chi connectivity index (χ4n) is 1.63. The summed E-state index contributed by atoms with van der Waals surface area (Å²) in [5.41, 5.74) is -0.235. The van der Waals surface area contributed by atoms with E-state index in [1.165, 1.54) is 0 Å². The van der Waals surface area contributed by atoms with Gasteiger partial charge in [-0.05, 0) is 56.7 Å². The number of anilines is 1. The largest absolute Gasteiger partial charge is 0.319 e. The van der Waals surface area contributed by atoms with Gasteiger partial charge in [0.15, 0.2) is 0 Å². The monoisotopic (exact) mass is 542 g/mol. The topological polar surface area (TPSA) is 72.2 Å². The van der Waals surface area contributed by atoms with Crippen LogP contribution < -0.4 is 5.32 Å². The number of nitrogens with one attached hydrogen (secondary N) is 1. The zero-order valence-corrected chi connectivity index (χ0v) is 15.9. The number of amides is 1. The van der Waals surface area contributed by atoms with Gasteiger partial charge in [0, 0.05) is 24.6 Å². The lowest BCUT2D eigenvalue weighted by Gasteiger charge is -2.09. The Morgan fingerprint density at radius 1 is 1.27 bits per heavy atom. The third-order valence-electron chi connectivity index (χ3n) is 2.65. The Balaban J connectivity index is 2.37. The van der Waals surface area contributed by atoms with E-state index in [9.17, 15) is 19.3 Å². The molecule has 114 valence electrons. The Bertz CT molecular complexity index is 786. The molecule has 0 saturated heterocycles. The molecular formula is C13H6Br2FIN2O3. The molecule has 2 rings (SSSR count). The number of hydrogen-bond donors (Lipinski definition) is 1. The lowest BCUT2D eigenvalue weighted by molar-refractivity contribution is -0.384. The molecule has 2 aromatic carbocycles. The van der Waals surface area contributed by atoms with Crippen molar-refractivity contribution >= 4 is 71.7 Å². The predicted octanol–water partition coefficient (Wildman–Crippen LogP) is 5.12. The SMILES string of the molecule is O=C(Nc1cc([N+](=O)[O-])ccc1F)c1cc(Br)cc(Br)c1I. The molecule has 0 aliphatic carbocycles. The second-order valence-corrected chi connectivity index (χ2v) is 6.97. The molecule has 0 aliphatic heterocycles. The average molecular weight is 544 g/mol. The maximum atomic E-state index is 13.7. The van der Waals surface area contributed by atoms with Gasteiger partial charge in [-0.2, -0.15) is 0 Å². The van der Waals surface area contributed by atoms with Crippen LogP contribution in [0.15, 0.2) is 39.3 Å². The highest BCUT2D eigenvalue weighted by Gasteiger charge is 2.17. The molecule has 0 radical (unpaired) electrons. The quantitative estimate of drug-likeness (QED) is 0.253. The number of nitrogens with zero attached hydrogens (tertiary/aromatic N) is 1. The molecule has 0 aromatic heterocycles. The number of carbonyl (C=O) groups is 1. The van der Waals surface area contributed by atoms with E-state index in [0.29, 0.717) is 18.1 Å². The lowest BCUT2D eigenvalue weighted by atomic mass is 10.2. The predicted molar refractivity (Wildman–Crippen MR) is 95.6 cm³/mol. The molecule has 0 spiro atoms. The summed E-state index contributed by atoms with van der Waals surface area (Å²) in [6.07, 6.45) is 0. The summed E-state index contributed by atoms with van der Waals surface area (Å²) in [5, 5.41) is 13.1. The molecular weight excluding hydrogens is 538 g/mol. The van der Waals surface area contributed by atoms with Crippen molar-refractivity contribution in [3.05, 3.63) is 64.3 Å². The number of carbonyl (C=O) groups excluding carboxylic acids is 1. The van der Waals surface area contributed by atoms with Crippen LogP contribution in [-0.4, -0.2) is 10.8 Å². The number of halogens is 4. The zero-order valence-electron chi connectivity index (χ0n) is 10.6. The standard InChI is InChI=1S/C13H6Br2FIN2O3/c14-6-3-8(12(17)9(15)4-6)13(20)18-11-5-7(19(21)22)1-2-10(11)16/h1-5H,(H,18,20). The van der Waals surface area contributed by atoms with Crippen LogP contribution in [0.3, 0.4) is 0 Å². The highest BCUT2D eigenvalue weighted by molar-refractivity contribution is 14.1. The number of nitro benzene ring substituents is 1. The van der Waals surface area contributed by atoms with E-state index < -0.39 is 16.6 Å². The lowest BCUT2D eigenvalue weighted by Crippen LogP contribution is -2.15. The summed E-state index contributed by atoms with van der Waals surface area (Å²) < 4.78 is 15.7. The highest BCUT2D eigenvalue weighted by Crippen LogP contribution is 2.29. The summed E-state index contributed by atoms with van der Waals surface area (Å²) in [5.74, 6) is -1.31. The van der Waals surface area contributed by atoms with Crippen LogP contribution in [0.5, 0.6) is 0 Å². The normalized spacial score (nSPS) is 10.4. The average Bonchev–Trinajstić information content (AvgIpc) is 2.44. The molecule has 0 atom stereocenters. The second-order valence-electron chi connectivity index (χ2n) is 4.12. The summed E-state index contributed by atoms with van der Waals surface area (Å²) in [6.45, 7) is 0. The number of benzene rings is 2. The van der Waals surface area contributed by atoms with Crippen LogP contribution >= 0.6 is 54.5 Å². The second kappa shape index (κ2) is 7.01. The Morgan fingerprint density at radius 3 is 2.59 bits per heavy atom. The number of nitro groups is 1. The Kier molecular flexibility index (Phi) is 5.50. The molecule has 0 bridgehead atoms. The van der Waals surface area contributed by atoms with Crippen molar-refractivity contribution in [2.45, 2.75) is 0 Å². The van der Waals surface area contributed by atoms with Gasteiger partial charge in [-0.1, -0.05) is 15.9 Å². The van der Waals surface area contributed by atoms with E-state index in [2.05, 4.69) is 37.2 Å². The fraction of sp³-hybridized carbons (Fsp3) is 0. The summed E-state index contributed by atoms with van der Waals surface area (Å²) >= 11 is 8.56. The number of hydrogen-bond acceptors (Lipinski definition) is 3. The first kappa shape index (κ1) is 17.3. The first-order chi connectivity index (χ1) is 10.3. The summed E-state index contributed by atoms with van der Waals surface area (Å²) in [7, 11) is 0. The van der Waals surface area contributed by atoms with Crippen molar-refractivity contribution in [1.29, 1.82) is 0 Å². The Hall–Kier alpha value is -1.07. The van der Waals surface area contributed by atoms with Crippen molar-refractivity contribution in [3.63, 3.8) is 0 Å². The minimum atomic E-state index is -0.747. The van der Waals surface area contributed by atoms with Crippen molar-refractivity contribution in [2.75, 3.05) is 5.32 Å². The van der Waals surface area contributed by atoms with Crippen LogP contribution in [0.25, 0.3) is 0 Å². The van der Waals surface area contributed by atoms with Gasteiger partial charge < -0.3 is 5.32 Å². The van der Waals surface area contributed by atoms with E-state index >= 15 is 0 Å². The van der Waals surface area contributed by atoms with Crippen molar-refractivity contribution in [1.82, 2.24) is 0 Å². The van der Waals surface area contributed by atoms with Crippen molar-refractivity contribution in [3.8, 4) is 0 Å². The minimum absolute atomic E-state index is 0.244. The number of non-ortho nitro benzene ring substituents is 1. The summed E-state index contributed by atoms with van der Waals surface area (Å²) in [4.78, 5) is 22.3. The molecule has 2 aromatic rings. The van der Waals surface area contributed by atoms with Gasteiger partial charge in [0.2, 0.25) is 0 Å². The van der Waals surface area contributed by atoms with E-state index in [1.807, 2.05) is 22.6 Å². The highest BCUT2D eigenvalue weighted by atomic mass is 127. The molecule has 1 amide bonds. The van der Waals surface area contributed by atoms with Gasteiger partial charge in [0.1, 0.15) is 5.82 Å². The van der Waals surface area contributed by atoms with Gasteiger partial charge in [-0.3, -0.25) is 14.9 Å². The first-order valence-corrected chi connectivity index (χ1v) is 8.36. The smallest absolute Gasteiger partial charge is 0.271 e. The minimum Gasteiger partial charge on any atom is -0.319 e. The molecule has 9 heteroatoms. The molecule has 1 N–H and O–H groups in total. The fourth-order valence-corrected chi connectivity index (χ4v) is 3.42. The van der Waals surface area contributed by atoms with E-state index in [0.717, 1.165) is 18.2 Å². The van der Waals surface area contributed by atoms with Crippen LogP contribution in [-0.2, 0) is 0 Å². The molecule has 0 unspecified atom stereocenters. The Morgan fingerprint density at radius 2 is 1.95 bits per heavy atom. The third-order valence-corrected chi connectivity index (χ3v) is 5.63. The summed E-state index contributed by atoms with van der Waals surface area (Å²) in [6, 6.07) is 6.30. The molecule has 0 fully saturated rings. The molecule has 5 nitrogen and oxygen atoms in total. The maximum absolute atomic E-state index is 13.7. The molecule has 0 aliphatic rings. The van der Waals surface area contributed by atoms with Crippen LogP contribution in [0.1, 0.15) is 10.4 Å². The van der Waals surface area contributed by atoms with Gasteiger partial charge in [0.05, 0.1) is 16.2 Å².